The number of nitrogens with zero attached hydrogens (tertiary/aromatic N) is 1. The topological polar surface area (TPSA) is 43.4 Å². The van der Waals surface area contributed by atoms with Crippen LogP contribution in [0.1, 0.15) is 27.7 Å². The van der Waals surface area contributed by atoms with E-state index in [1.807, 2.05) is 24.4 Å². The molecule has 21 heavy (non-hydrogen) atoms. The van der Waals surface area contributed by atoms with Gasteiger partial charge in [0.25, 0.3) is 0 Å². The van der Waals surface area contributed by atoms with Crippen LogP contribution >= 0.6 is 0 Å². The molecular formula is C17H22N2O2. The number of fused-ring (bicyclic) bond motifs is 2. The van der Waals surface area contributed by atoms with E-state index in [1.54, 1.807) is 0 Å². The summed E-state index contributed by atoms with van der Waals surface area (Å²) in [6.45, 7) is 10.2. The van der Waals surface area contributed by atoms with Crippen LogP contribution in [0.3, 0.4) is 0 Å². The van der Waals surface area contributed by atoms with E-state index in [9.17, 15) is 0 Å². The molecule has 0 spiro atoms. The number of nitrogens with one attached hydrogen (secondary N) is 1. The molecule has 2 heterocycles. The van der Waals surface area contributed by atoms with Gasteiger partial charge in [0.2, 0.25) is 6.79 Å². The van der Waals surface area contributed by atoms with Crippen molar-refractivity contribution in [2.45, 2.75) is 27.7 Å². The predicted molar refractivity (Wildman–Crippen MR) is 85.0 cm³/mol. The van der Waals surface area contributed by atoms with Gasteiger partial charge >= 0.3 is 0 Å². The van der Waals surface area contributed by atoms with Crippen LogP contribution < -0.4 is 14.8 Å². The van der Waals surface area contributed by atoms with Crippen molar-refractivity contribution in [1.82, 2.24) is 4.98 Å². The van der Waals surface area contributed by atoms with E-state index >= 15 is 0 Å². The first-order chi connectivity index (χ1) is 9.95. The number of hydrogen-bond acceptors (Lipinski definition) is 4. The Morgan fingerprint density at radius 3 is 2.67 bits per heavy atom. The monoisotopic (exact) mass is 286 g/mol. The normalized spacial score (nSPS) is 15.2. The van der Waals surface area contributed by atoms with Crippen LogP contribution in [-0.4, -0.2) is 18.3 Å². The van der Waals surface area contributed by atoms with E-state index in [1.165, 1.54) is 0 Å². The molecule has 1 aromatic heterocycles. The lowest BCUT2D eigenvalue weighted by atomic mass is 9.82. The Kier molecular flexibility index (Phi) is 3.40. The fourth-order valence-corrected chi connectivity index (χ4v) is 2.26. The zero-order valence-corrected chi connectivity index (χ0v) is 13.1. The molecule has 1 unspecified atom stereocenters. The van der Waals surface area contributed by atoms with Crippen molar-refractivity contribution in [3.63, 3.8) is 0 Å². The minimum Gasteiger partial charge on any atom is -0.454 e. The average molecular weight is 286 g/mol. The summed E-state index contributed by atoms with van der Waals surface area (Å²) >= 11 is 0. The molecule has 2 aromatic rings. The highest BCUT2D eigenvalue weighted by Gasteiger charge is 2.20. The summed E-state index contributed by atoms with van der Waals surface area (Å²) in [7, 11) is 0. The van der Waals surface area contributed by atoms with E-state index in [4.69, 9.17) is 9.47 Å². The summed E-state index contributed by atoms with van der Waals surface area (Å²) in [6.07, 6.45) is 1.83. The Balaban J connectivity index is 1.89. The molecule has 0 bridgehead atoms. The number of rotatable bonds is 3. The first-order valence-corrected chi connectivity index (χ1v) is 7.37. The summed E-state index contributed by atoms with van der Waals surface area (Å²) in [5, 5.41) is 5.66. The molecule has 0 saturated carbocycles. The SMILES string of the molecule is CC(CNc1nccc2cc3c(cc12)OCO3)C(C)(C)C. The first kappa shape index (κ1) is 14.0. The molecule has 1 N–H and O–H groups in total. The van der Waals surface area contributed by atoms with Crippen molar-refractivity contribution >= 4 is 16.6 Å². The Morgan fingerprint density at radius 2 is 1.95 bits per heavy atom. The van der Waals surface area contributed by atoms with Gasteiger partial charge in [-0.2, -0.15) is 0 Å². The number of ether oxygens (including phenoxy) is 2. The minimum atomic E-state index is 0.274. The quantitative estimate of drug-likeness (QED) is 0.924. The third-order valence-corrected chi connectivity index (χ3v) is 4.31. The van der Waals surface area contributed by atoms with Crippen LogP contribution in [0, 0.1) is 11.3 Å². The Bertz CT molecular complexity index is 662. The molecule has 1 aromatic carbocycles. The zero-order valence-electron chi connectivity index (χ0n) is 13.1. The zero-order chi connectivity index (χ0) is 15.0. The number of anilines is 1. The molecule has 0 amide bonds. The van der Waals surface area contributed by atoms with E-state index in [-0.39, 0.29) is 5.41 Å². The molecule has 1 aliphatic heterocycles. The Labute approximate surface area is 125 Å². The lowest BCUT2D eigenvalue weighted by Gasteiger charge is -2.27. The third kappa shape index (κ3) is 2.75. The standard InChI is InChI=1S/C17H22N2O2/c1-11(17(2,3)4)9-19-16-13-8-15-14(20-10-21-15)7-12(13)5-6-18-16/h5-8,11H,9-10H2,1-4H3,(H,18,19). The van der Waals surface area contributed by atoms with Gasteiger partial charge < -0.3 is 14.8 Å². The maximum absolute atomic E-state index is 5.46. The van der Waals surface area contributed by atoms with Crippen molar-refractivity contribution in [2.24, 2.45) is 11.3 Å². The molecule has 4 heteroatoms. The first-order valence-electron chi connectivity index (χ1n) is 7.37. The van der Waals surface area contributed by atoms with E-state index in [0.717, 1.165) is 34.6 Å². The molecule has 0 aliphatic carbocycles. The highest BCUT2D eigenvalue weighted by Crippen LogP contribution is 2.38. The van der Waals surface area contributed by atoms with E-state index in [2.05, 4.69) is 38.0 Å². The fraction of sp³-hybridized carbons (Fsp3) is 0.471. The number of benzene rings is 1. The molecular weight excluding hydrogens is 264 g/mol. The van der Waals surface area contributed by atoms with Gasteiger partial charge in [-0.15, -0.1) is 0 Å². The van der Waals surface area contributed by atoms with Crippen molar-refractivity contribution in [3.8, 4) is 11.5 Å². The highest BCUT2D eigenvalue weighted by atomic mass is 16.7. The number of aromatic nitrogens is 1. The van der Waals surface area contributed by atoms with Gasteiger partial charge in [-0.1, -0.05) is 27.7 Å². The van der Waals surface area contributed by atoms with Gasteiger partial charge in [0.1, 0.15) is 5.82 Å². The van der Waals surface area contributed by atoms with Gasteiger partial charge in [-0.3, -0.25) is 0 Å². The summed E-state index contributed by atoms with van der Waals surface area (Å²) in [6, 6.07) is 6.02. The average Bonchev–Trinajstić information content (AvgIpc) is 2.88. The van der Waals surface area contributed by atoms with Crippen LogP contribution in [0.5, 0.6) is 11.5 Å². The van der Waals surface area contributed by atoms with Crippen molar-refractivity contribution < 1.29 is 9.47 Å². The number of pyridine rings is 1. The third-order valence-electron chi connectivity index (χ3n) is 4.31. The van der Waals surface area contributed by atoms with Gasteiger partial charge in [-0.25, -0.2) is 4.98 Å². The van der Waals surface area contributed by atoms with E-state index < -0.39 is 0 Å². The molecule has 0 fully saturated rings. The van der Waals surface area contributed by atoms with Crippen LogP contribution in [0.15, 0.2) is 24.4 Å². The molecule has 1 atom stereocenters. The maximum atomic E-state index is 5.46. The van der Waals surface area contributed by atoms with Crippen LogP contribution in [0.25, 0.3) is 10.8 Å². The Hall–Kier alpha value is -1.97. The van der Waals surface area contributed by atoms with Gasteiger partial charge in [0, 0.05) is 18.1 Å². The van der Waals surface area contributed by atoms with Crippen molar-refractivity contribution in [3.05, 3.63) is 24.4 Å². The predicted octanol–water partition coefficient (Wildman–Crippen LogP) is 4.06. The van der Waals surface area contributed by atoms with Gasteiger partial charge in [0.15, 0.2) is 11.5 Å². The van der Waals surface area contributed by atoms with Crippen LogP contribution in [-0.2, 0) is 0 Å². The van der Waals surface area contributed by atoms with Crippen LogP contribution in [0.2, 0.25) is 0 Å². The number of hydrogen-bond donors (Lipinski definition) is 1. The smallest absolute Gasteiger partial charge is 0.231 e. The van der Waals surface area contributed by atoms with E-state index in [0.29, 0.717) is 12.7 Å². The largest absolute Gasteiger partial charge is 0.454 e. The second-order valence-electron chi connectivity index (χ2n) is 6.73. The molecule has 0 saturated heterocycles. The molecule has 4 nitrogen and oxygen atoms in total. The summed E-state index contributed by atoms with van der Waals surface area (Å²) in [5.41, 5.74) is 0.274. The summed E-state index contributed by atoms with van der Waals surface area (Å²) in [5.74, 6) is 3.05. The molecule has 112 valence electrons. The lowest BCUT2D eigenvalue weighted by molar-refractivity contribution is 0.174. The highest BCUT2D eigenvalue weighted by molar-refractivity contribution is 5.94. The fourth-order valence-electron chi connectivity index (χ4n) is 2.26. The lowest BCUT2D eigenvalue weighted by Crippen LogP contribution is -2.25. The second-order valence-corrected chi connectivity index (χ2v) is 6.73. The minimum absolute atomic E-state index is 0.274. The van der Waals surface area contributed by atoms with Crippen molar-refractivity contribution in [1.29, 1.82) is 0 Å². The molecule has 3 rings (SSSR count). The summed E-state index contributed by atoms with van der Waals surface area (Å²) in [4.78, 5) is 4.48. The second kappa shape index (κ2) is 5.10. The maximum Gasteiger partial charge on any atom is 0.231 e. The van der Waals surface area contributed by atoms with Crippen molar-refractivity contribution in [2.75, 3.05) is 18.7 Å². The van der Waals surface area contributed by atoms with Crippen LogP contribution in [0.4, 0.5) is 5.82 Å². The molecule has 1 aliphatic rings. The van der Waals surface area contributed by atoms with Gasteiger partial charge in [0.05, 0.1) is 0 Å². The Morgan fingerprint density at radius 1 is 1.24 bits per heavy atom. The van der Waals surface area contributed by atoms with Gasteiger partial charge in [-0.05, 0) is 34.9 Å². The summed E-state index contributed by atoms with van der Waals surface area (Å²) < 4.78 is 10.9. The molecule has 0 radical (unpaired) electrons.